The summed E-state index contributed by atoms with van der Waals surface area (Å²) >= 11 is 0. The zero-order valence-corrected chi connectivity index (χ0v) is 14.2. The molecule has 0 fully saturated rings. The number of oxazole rings is 1. The molecule has 0 saturated carbocycles. The number of rotatable bonds is 4. The molecule has 0 bridgehead atoms. The zero-order chi connectivity index (χ0) is 17.5. The molecule has 0 aliphatic rings. The second kappa shape index (κ2) is 5.72. The van der Waals surface area contributed by atoms with Crippen LogP contribution in [-0.4, -0.2) is 20.5 Å². The van der Waals surface area contributed by atoms with Gasteiger partial charge in [0.15, 0.2) is 5.58 Å². The van der Waals surface area contributed by atoms with Gasteiger partial charge >= 0.3 is 5.76 Å². The molecule has 2 aromatic carbocycles. The first-order chi connectivity index (χ1) is 11.3. The number of aryl methyl sites for hydroxylation is 2. The van der Waals surface area contributed by atoms with Crippen molar-refractivity contribution >= 4 is 26.8 Å². The molecule has 0 amide bonds. The molecular formula is C16H16N2O5S. The van der Waals surface area contributed by atoms with Gasteiger partial charge in [-0.15, -0.1) is 0 Å². The highest BCUT2D eigenvalue weighted by Gasteiger charge is 2.19. The lowest BCUT2D eigenvalue weighted by atomic mass is 10.1. The van der Waals surface area contributed by atoms with Gasteiger partial charge in [0.05, 0.1) is 23.2 Å². The lowest BCUT2D eigenvalue weighted by Crippen LogP contribution is -2.14. The minimum absolute atomic E-state index is 0.0141. The van der Waals surface area contributed by atoms with Crippen LogP contribution in [0.15, 0.2) is 44.4 Å². The SMILES string of the molecule is COc1cc(C)cc(C)c1NS(=O)(=O)c1ccc2[nH]c(=O)oc2c1. The monoisotopic (exact) mass is 348 g/mol. The molecule has 3 aromatic rings. The van der Waals surface area contributed by atoms with E-state index in [2.05, 4.69) is 9.71 Å². The normalized spacial score (nSPS) is 11.6. The number of aromatic nitrogens is 1. The van der Waals surface area contributed by atoms with E-state index in [0.717, 1.165) is 11.1 Å². The van der Waals surface area contributed by atoms with Gasteiger partial charge in [-0.05, 0) is 43.2 Å². The van der Waals surface area contributed by atoms with Crippen molar-refractivity contribution < 1.29 is 17.6 Å². The topological polar surface area (TPSA) is 101 Å². The van der Waals surface area contributed by atoms with Crippen LogP contribution in [0.3, 0.4) is 0 Å². The summed E-state index contributed by atoms with van der Waals surface area (Å²) in [5.74, 6) is -0.200. The van der Waals surface area contributed by atoms with Gasteiger partial charge < -0.3 is 9.15 Å². The molecule has 0 saturated heterocycles. The van der Waals surface area contributed by atoms with Crippen molar-refractivity contribution in [3.05, 3.63) is 52.0 Å². The van der Waals surface area contributed by atoms with Crippen LogP contribution in [-0.2, 0) is 10.0 Å². The number of hydrogen-bond donors (Lipinski definition) is 2. The van der Waals surface area contributed by atoms with Gasteiger partial charge in [0.25, 0.3) is 10.0 Å². The minimum atomic E-state index is -3.87. The van der Waals surface area contributed by atoms with Crippen LogP contribution in [0.4, 0.5) is 5.69 Å². The van der Waals surface area contributed by atoms with Crippen LogP contribution < -0.4 is 15.2 Å². The van der Waals surface area contributed by atoms with E-state index >= 15 is 0 Å². The summed E-state index contributed by atoms with van der Waals surface area (Å²) in [4.78, 5) is 13.6. The Bertz CT molecular complexity index is 1080. The van der Waals surface area contributed by atoms with Crippen molar-refractivity contribution in [1.82, 2.24) is 4.98 Å². The number of fused-ring (bicyclic) bond motifs is 1. The fraction of sp³-hybridized carbons (Fsp3) is 0.188. The number of H-pyrrole nitrogens is 1. The third-order valence-electron chi connectivity index (χ3n) is 3.60. The van der Waals surface area contributed by atoms with Gasteiger partial charge in [-0.3, -0.25) is 9.71 Å². The Hall–Kier alpha value is -2.74. The molecule has 8 heteroatoms. The third-order valence-corrected chi connectivity index (χ3v) is 4.95. The van der Waals surface area contributed by atoms with E-state index in [1.165, 1.54) is 25.3 Å². The van der Waals surface area contributed by atoms with Crippen molar-refractivity contribution in [2.75, 3.05) is 11.8 Å². The lowest BCUT2D eigenvalue weighted by Gasteiger charge is -2.15. The zero-order valence-electron chi connectivity index (χ0n) is 13.3. The van der Waals surface area contributed by atoms with Crippen LogP contribution in [0, 0.1) is 13.8 Å². The first-order valence-corrected chi connectivity index (χ1v) is 8.59. The largest absolute Gasteiger partial charge is 0.495 e. The molecule has 0 radical (unpaired) electrons. The van der Waals surface area contributed by atoms with E-state index < -0.39 is 15.8 Å². The van der Waals surface area contributed by atoms with Crippen molar-refractivity contribution in [3.8, 4) is 5.75 Å². The standard InChI is InChI=1S/C16H16N2O5S/c1-9-6-10(2)15(14(7-9)22-3)18-24(20,21)11-4-5-12-13(8-11)23-16(19)17-12/h4-8,18H,1-3H3,(H,17,19). The number of hydrogen-bond acceptors (Lipinski definition) is 5. The Labute approximate surface area is 138 Å². The van der Waals surface area contributed by atoms with Gasteiger partial charge in [0.1, 0.15) is 5.75 Å². The average Bonchev–Trinajstić information content (AvgIpc) is 2.88. The molecule has 126 valence electrons. The van der Waals surface area contributed by atoms with E-state index in [-0.39, 0.29) is 10.5 Å². The van der Waals surface area contributed by atoms with Gasteiger partial charge in [0.2, 0.25) is 0 Å². The first-order valence-electron chi connectivity index (χ1n) is 7.11. The summed E-state index contributed by atoms with van der Waals surface area (Å²) in [5, 5.41) is 0. The van der Waals surface area contributed by atoms with Crippen molar-refractivity contribution in [3.63, 3.8) is 0 Å². The molecule has 7 nitrogen and oxygen atoms in total. The summed E-state index contributed by atoms with van der Waals surface area (Å²) in [6.07, 6.45) is 0. The molecule has 3 rings (SSSR count). The predicted octanol–water partition coefficient (Wildman–Crippen LogP) is 2.55. The predicted molar refractivity (Wildman–Crippen MR) is 90.1 cm³/mol. The van der Waals surface area contributed by atoms with Crippen LogP contribution in [0.5, 0.6) is 5.75 Å². The van der Waals surface area contributed by atoms with Gasteiger partial charge in [-0.25, -0.2) is 13.2 Å². The highest BCUT2D eigenvalue weighted by Crippen LogP contribution is 2.32. The maximum absolute atomic E-state index is 12.7. The fourth-order valence-electron chi connectivity index (χ4n) is 2.51. The number of aromatic amines is 1. The first kappa shape index (κ1) is 16.1. The molecule has 1 aromatic heterocycles. The molecular weight excluding hydrogens is 332 g/mol. The average molecular weight is 348 g/mol. The summed E-state index contributed by atoms with van der Waals surface area (Å²) in [7, 11) is -2.39. The summed E-state index contributed by atoms with van der Waals surface area (Å²) in [6, 6.07) is 7.78. The Kier molecular flexibility index (Phi) is 3.84. The highest BCUT2D eigenvalue weighted by molar-refractivity contribution is 7.92. The summed E-state index contributed by atoms with van der Waals surface area (Å²) in [6.45, 7) is 3.69. The highest BCUT2D eigenvalue weighted by atomic mass is 32.2. The van der Waals surface area contributed by atoms with Crippen LogP contribution >= 0.6 is 0 Å². The maximum atomic E-state index is 12.7. The van der Waals surface area contributed by atoms with Gasteiger partial charge in [0, 0.05) is 6.07 Å². The van der Waals surface area contributed by atoms with Crippen molar-refractivity contribution in [2.45, 2.75) is 18.7 Å². The van der Waals surface area contributed by atoms with Crippen molar-refractivity contribution in [1.29, 1.82) is 0 Å². The van der Waals surface area contributed by atoms with Crippen LogP contribution in [0.1, 0.15) is 11.1 Å². The van der Waals surface area contributed by atoms with Crippen LogP contribution in [0.2, 0.25) is 0 Å². The molecule has 24 heavy (non-hydrogen) atoms. The van der Waals surface area contributed by atoms with Crippen LogP contribution in [0.25, 0.3) is 11.1 Å². The van der Waals surface area contributed by atoms with Gasteiger partial charge in [-0.2, -0.15) is 0 Å². The van der Waals surface area contributed by atoms with E-state index in [1.807, 2.05) is 13.0 Å². The molecule has 0 aliphatic carbocycles. The number of benzene rings is 2. The summed E-state index contributed by atoms with van der Waals surface area (Å²) in [5.41, 5.74) is 2.68. The Morgan fingerprint density at radius 3 is 2.62 bits per heavy atom. The molecule has 2 N–H and O–H groups in total. The fourth-order valence-corrected chi connectivity index (χ4v) is 3.66. The second-order valence-corrected chi connectivity index (χ2v) is 7.12. The van der Waals surface area contributed by atoms with E-state index in [4.69, 9.17) is 9.15 Å². The minimum Gasteiger partial charge on any atom is -0.495 e. The number of anilines is 1. The number of ether oxygens (including phenoxy) is 1. The Morgan fingerprint density at radius 2 is 1.92 bits per heavy atom. The Morgan fingerprint density at radius 1 is 1.17 bits per heavy atom. The third kappa shape index (κ3) is 2.88. The van der Waals surface area contributed by atoms with Crippen molar-refractivity contribution in [2.24, 2.45) is 0 Å². The number of sulfonamides is 1. The number of methoxy groups -OCH3 is 1. The number of nitrogens with one attached hydrogen (secondary N) is 2. The maximum Gasteiger partial charge on any atom is 0.417 e. The lowest BCUT2D eigenvalue weighted by molar-refractivity contribution is 0.416. The molecule has 0 unspecified atom stereocenters. The smallest absolute Gasteiger partial charge is 0.417 e. The Balaban J connectivity index is 2.06. The van der Waals surface area contributed by atoms with E-state index in [1.54, 1.807) is 13.0 Å². The molecule has 0 atom stereocenters. The molecule has 0 spiro atoms. The van der Waals surface area contributed by atoms with E-state index in [9.17, 15) is 13.2 Å². The quantitative estimate of drug-likeness (QED) is 0.754. The summed E-state index contributed by atoms with van der Waals surface area (Å²) < 4.78 is 38.0. The van der Waals surface area contributed by atoms with Gasteiger partial charge in [-0.1, -0.05) is 6.07 Å². The molecule has 0 aliphatic heterocycles. The molecule has 1 heterocycles. The van der Waals surface area contributed by atoms with E-state index in [0.29, 0.717) is 17.0 Å². The second-order valence-electron chi connectivity index (χ2n) is 5.44.